The van der Waals surface area contributed by atoms with Crippen LogP contribution in [-0.2, 0) is 22.9 Å². The zero-order valence-electron chi connectivity index (χ0n) is 19.5. The second-order valence-corrected chi connectivity index (χ2v) is 10.3. The lowest BCUT2D eigenvalue weighted by molar-refractivity contribution is 0.102. The van der Waals surface area contributed by atoms with E-state index in [4.69, 9.17) is 20.8 Å². The molecule has 1 amide bonds. The van der Waals surface area contributed by atoms with E-state index in [9.17, 15) is 13.2 Å². The number of aromatic nitrogens is 2. The monoisotopic (exact) mass is 526 g/mol. The van der Waals surface area contributed by atoms with Crippen molar-refractivity contribution in [2.45, 2.75) is 18.2 Å². The molecule has 0 aliphatic heterocycles. The van der Waals surface area contributed by atoms with Crippen molar-refractivity contribution < 1.29 is 22.4 Å². The van der Waals surface area contributed by atoms with E-state index in [0.29, 0.717) is 34.5 Å². The van der Waals surface area contributed by atoms with Gasteiger partial charge in [0, 0.05) is 23.5 Å². The van der Waals surface area contributed by atoms with Gasteiger partial charge in [0.05, 0.1) is 31.8 Å². The van der Waals surface area contributed by atoms with Crippen molar-refractivity contribution in [2.24, 2.45) is 0 Å². The van der Waals surface area contributed by atoms with E-state index < -0.39 is 20.9 Å². The Morgan fingerprint density at radius 1 is 1.11 bits per heavy atom. The van der Waals surface area contributed by atoms with Crippen molar-refractivity contribution in [3.05, 3.63) is 95.2 Å². The maximum Gasteiger partial charge on any atom is 0.276 e. The topological polar surface area (TPSA) is 115 Å². The Morgan fingerprint density at radius 3 is 2.53 bits per heavy atom. The van der Waals surface area contributed by atoms with Gasteiger partial charge in [-0.15, -0.1) is 0 Å². The van der Waals surface area contributed by atoms with E-state index in [-0.39, 0.29) is 12.2 Å². The summed E-state index contributed by atoms with van der Waals surface area (Å²) < 4.78 is 35.1. The molecule has 1 N–H and O–H groups in total. The molecule has 0 saturated carbocycles. The Morgan fingerprint density at radius 2 is 1.89 bits per heavy atom. The fourth-order valence-corrected chi connectivity index (χ4v) is 4.15. The molecule has 0 spiro atoms. The van der Waals surface area contributed by atoms with Crippen molar-refractivity contribution in [1.29, 1.82) is 0 Å². The van der Waals surface area contributed by atoms with Gasteiger partial charge in [-0.25, -0.2) is 18.4 Å². The average Bonchev–Trinajstić information content (AvgIpc) is 3.36. The van der Waals surface area contributed by atoms with E-state index in [1.165, 1.54) is 6.20 Å². The van der Waals surface area contributed by atoms with Crippen LogP contribution < -0.4 is 15.0 Å². The zero-order valence-corrected chi connectivity index (χ0v) is 21.1. The van der Waals surface area contributed by atoms with Crippen molar-refractivity contribution in [1.82, 2.24) is 9.97 Å². The van der Waals surface area contributed by atoms with Crippen LogP contribution in [0, 0.1) is 0 Å². The quantitative estimate of drug-likeness (QED) is 0.315. The molecule has 0 aliphatic carbocycles. The minimum Gasteiger partial charge on any atom is -0.497 e. The second-order valence-electron chi connectivity index (χ2n) is 7.91. The summed E-state index contributed by atoms with van der Waals surface area (Å²) in [6.07, 6.45) is 3.87. The van der Waals surface area contributed by atoms with Gasteiger partial charge in [0.25, 0.3) is 5.91 Å². The number of hydrogen-bond donors (Lipinski definition) is 1. The molecule has 4 rings (SSSR count). The number of furan rings is 1. The summed E-state index contributed by atoms with van der Waals surface area (Å²) in [6.45, 7) is 0.627. The molecular weight excluding hydrogens is 504 g/mol. The number of rotatable bonds is 9. The summed E-state index contributed by atoms with van der Waals surface area (Å²) in [6, 6.07) is 17.6. The molecule has 0 saturated heterocycles. The van der Waals surface area contributed by atoms with E-state index in [2.05, 4.69) is 15.3 Å². The number of carbonyl (C=O) groups excluding carboxylic acids is 1. The average molecular weight is 527 g/mol. The van der Waals surface area contributed by atoms with Gasteiger partial charge in [0.1, 0.15) is 11.5 Å². The summed E-state index contributed by atoms with van der Waals surface area (Å²) in [7, 11) is -2.18. The minimum absolute atomic E-state index is 0.106. The van der Waals surface area contributed by atoms with Gasteiger partial charge >= 0.3 is 0 Å². The van der Waals surface area contributed by atoms with Crippen LogP contribution >= 0.6 is 11.6 Å². The Bertz CT molecular complexity index is 1460. The number of amides is 1. The molecule has 2 heterocycles. The van der Waals surface area contributed by atoms with Crippen LogP contribution in [0.2, 0.25) is 5.02 Å². The normalized spacial score (nSPS) is 11.2. The largest absolute Gasteiger partial charge is 0.497 e. The Balaban J connectivity index is 1.77. The predicted octanol–water partition coefficient (Wildman–Crippen LogP) is 4.59. The van der Waals surface area contributed by atoms with Crippen molar-refractivity contribution in [3.8, 4) is 5.75 Å². The van der Waals surface area contributed by atoms with E-state index in [1.807, 2.05) is 29.2 Å². The molecule has 2 aromatic carbocycles. The van der Waals surface area contributed by atoms with Gasteiger partial charge in [-0.1, -0.05) is 29.8 Å². The molecule has 186 valence electrons. The van der Waals surface area contributed by atoms with Crippen LogP contribution in [0.1, 0.15) is 21.8 Å². The highest BCUT2D eigenvalue weighted by atomic mass is 35.5. The Kier molecular flexibility index (Phi) is 7.56. The van der Waals surface area contributed by atoms with Crippen LogP contribution in [0.4, 0.5) is 11.4 Å². The maximum absolute atomic E-state index is 13.4. The summed E-state index contributed by atoms with van der Waals surface area (Å²) in [5.41, 5.74) is 1.57. The highest BCUT2D eigenvalue weighted by molar-refractivity contribution is 7.90. The number of sulfone groups is 1. The van der Waals surface area contributed by atoms with Crippen LogP contribution in [0.25, 0.3) is 0 Å². The predicted molar refractivity (Wildman–Crippen MR) is 136 cm³/mol. The van der Waals surface area contributed by atoms with Crippen LogP contribution in [0.5, 0.6) is 5.75 Å². The molecule has 0 unspecified atom stereocenters. The molecule has 4 aromatic rings. The first-order valence-electron chi connectivity index (χ1n) is 10.8. The molecule has 0 aliphatic rings. The standard InChI is InChI=1S/C25H23ClN4O5S/c1-34-20-10-8-17(9-11-20)15-30(16-21-7-4-12-35-21)22-14-27-25(36(2,32)33)29-23(22)24(31)28-19-6-3-5-18(26)13-19/h3-14H,15-16H2,1-2H3,(H,28,31). The number of hydrogen-bond acceptors (Lipinski definition) is 8. The highest BCUT2D eigenvalue weighted by Gasteiger charge is 2.24. The number of halogens is 1. The van der Waals surface area contributed by atoms with Gasteiger partial charge < -0.3 is 19.4 Å². The number of methoxy groups -OCH3 is 1. The van der Waals surface area contributed by atoms with Gasteiger partial charge in [-0.3, -0.25) is 4.79 Å². The smallest absolute Gasteiger partial charge is 0.276 e. The van der Waals surface area contributed by atoms with Gasteiger partial charge in [0.15, 0.2) is 5.69 Å². The first-order valence-corrected chi connectivity index (χ1v) is 13.0. The molecule has 11 heteroatoms. The number of anilines is 2. The van der Waals surface area contributed by atoms with Gasteiger partial charge in [-0.05, 0) is 48.0 Å². The van der Waals surface area contributed by atoms with Gasteiger partial charge in [-0.2, -0.15) is 0 Å². The van der Waals surface area contributed by atoms with Crippen molar-refractivity contribution >= 4 is 38.7 Å². The Hall–Kier alpha value is -3.89. The number of benzene rings is 2. The fraction of sp³-hybridized carbons (Fsp3) is 0.160. The molecule has 0 bridgehead atoms. The van der Waals surface area contributed by atoms with Gasteiger partial charge in [0.2, 0.25) is 15.0 Å². The molecule has 9 nitrogen and oxygen atoms in total. The summed E-state index contributed by atoms with van der Waals surface area (Å²) in [4.78, 5) is 23.4. The number of nitrogens with one attached hydrogen (secondary N) is 1. The van der Waals surface area contributed by atoms with E-state index in [1.54, 1.807) is 49.8 Å². The molecule has 0 radical (unpaired) electrons. The van der Waals surface area contributed by atoms with Crippen LogP contribution in [0.15, 0.2) is 82.7 Å². The number of ether oxygens (including phenoxy) is 1. The molecule has 0 atom stereocenters. The van der Waals surface area contributed by atoms with E-state index >= 15 is 0 Å². The summed E-state index contributed by atoms with van der Waals surface area (Å²) in [5.74, 6) is 0.731. The molecule has 0 fully saturated rings. The second kappa shape index (κ2) is 10.8. The lowest BCUT2D eigenvalue weighted by atomic mass is 10.1. The van der Waals surface area contributed by atoms with Crippen LogP contribution in [0.3, 0.4) is 0 Å². The van der Waals surface area contributed by atoms with Crippen molar-refractivity contribution in [2.75, 3.05) is 23.6 Å². The third-order valence-corrected chi connectivity index (χ3v) is 6.27. The Labute approximate surface area is 213 Å². The highest BCUT2D eigenvalue weighted by Crippen LogP contribution is 2.26. The number of nitrogens with zero attached hydrogens (tertiary/aromatic N) is 3. The first kappa shape index (κ1) is 25.2. The lowest BCUT2D eigenvalue weighted by Crippen LogP contribution is -2.27. The third kappa shape index (κ3) is 6.21. The minimum atomic E-state index is -3.77. The van der Waals surface area contributed by atoms with Crippen LogP contribution in [-0.4, -0.2) is 37.7 Å². The van der Waals surface area contributed by atoms with Crippen molar-refractivity contribution in [3.63, 3.8) is 0 Å². The fourth-order valence-electron chi connectivity index (χ4n) is 3.46. The summed E-state index contributed by atoms with van der Waals surface area (Å²) in [5, 5.41) is 2.72. The SMILES string of the molecule is COc1ccc(CN(Cc2ccco2)c2cnc(S(C)(=O)=O)nc2C(=O)Nc2cccc(Cl)c2)cc1. The number of carbonyl (C=O) groups is 1. The zero-order chi connectivity index (χ0) is 25.7. The molecule has 36 heavy (non-hydrogen) atoms. The first-order chi connectivity index (χ1) is 17.2. The molecular formula is C25H23ClN4O5S. The summed E-state index contributed by atoms with van der Waals surface area (Å²) >= 11 is 6.05. The third-order valence-electron chi connectivity index (χ3n) is 5.18. The molecule has 2 aromatic heterocycles. The maximum atomic E-state index is 13.4. The van der Waals surface area contributed by atoms with E-state index in [0.717, 1.165) is 11.8 Å². The lowest BCUT2D eigenvalue weighted by Gasteiger charge is -2.25.